The third kappa shape index (κ3) is 3.80. The number of benzene rings is 1. The van der Waals surface area contributed by atoms with Crippen molar-refractivity contribution in [2.45, 2.75) is 6.10 Å². The highest BCUT2D eigenvalue weighted by atomic mass is 35.5. The van der Waals surface area contributed by atoms with Gasteiger partial charge in [-0.2, -0.15) is 0 Å². The number of carbonyl (C=O) groups excluding carboxylic acids is 1. The first kappa shape index (κ1) is 16.2. The van der Waals surface area contributed by atoms with Crippen LogP contribution in [0.4, 0.5) is 5.69 Å². The molecule has 0 aliphatic heterocycles. The molecule has 1 unspecified atom stereocenters. The van der Waals surface area contributed by atoms with E-state index >= 15 is 0 Å². The minimum Gasteiger partial charge on any atom is -0.479 e. The number of nitrogens with one attached hydrogen (secondary N) is 1. The summed E-state index contributed by atoms with van der Waals surface area (Å²) in [7, 11) is 0. The lowest BCUT2D eigenvalue weighted by Gasteiger charge is -2.09. The van der Waals surface area contributed by atoms with E-state index in [0.29, 0.717) is 0 Å². The number of halogens is 2. The minimum atomic E-state index is -1.80. The number of aliphatic carboxylic acids is 1. The summed E-state index contributed by atoms with van der Waals surface area (Å²) < 4.78 is 0. The summed E-state index contributed by atoms with van der Waals surface area (Å²) in [6.07, 6.45) is -1.80. The monoisotopic (exact) mass is 322 g/mol. The zero-order valence-electron chi connectivity index (χ0n) is 9.67. The Morgan fingerprint density at radius 3 is 2.50 bits per heavy atom. The normalized spacial score (nSPS) is 11.8. The number of rotatable bonds is 5. The van der Waals surface area contributed by atoms with Crippen LogP contribution in [0.3, 0.4) is 0 Å². The number of nitro groups is 1. The maximum Gasteiger partial charge on any atom is 0.334 e. The highest BCUT2D eigenvalue weighted by molar-refractivity contribution is 6.44. The highest BCUT2D eigenvalue weighted by Gasteiger charge is 2.21. The average molecular weight is 323 g/mol. The van der Waals surface area contributed by atoms with Crippen molar-refractivity contribution in [3.63, 3.8) is 0 Å². The van der Waals surface area contributed by atoms with E-state index in [4.69, 9.17) is 33.4 Å². The molecule has 0 radical (unpaired) electrons. The van der Waals surface area contributed by atoms with Gasteiger partial charge in [0.15, 0.2) is 6.10 Å². The SMILES string of the molecule is O=C(NCC(O)C(=O)O)c1cc([N+](=O)[O-])cc(Cl)c1Cl. The number of aliphatic hydroxyl groups is 1. The van der Waals surface area contributed by atoms with Crippen molar-refractivity contribution in [1.82, 2.24) is 5.32 Å². The van der Waals surface area contributed by atoms with Gasteiger partial charge in [0.05, 0.1) is 27.1 Å². The average Bonchev–Trinajstić information content (AvgIpc) is 2.37. The van der Waals surface area contributed by atoms with Crippen LogP contribution in [0, 0.1) is 10.1 Å². The molecule has 0 aromatic heterocycles. The fraction of sp³-hybridized carbons (Fsp3) is 0.200. The number of carboxylic acid groups (broad SMARTS) is 1. The van der Waals surface area contributed by atoms with Crippen LogP contribution in [-0.2, 0) is 4.79 Å². The number of carbonyl (C=O) groups is 2. The first-order valence-corrected chi connectivity index (χ1v) is 5.82. The molecule has 1 aromatic rings. The van der Waals surface area contributed by atoms with Gasteiger partial charge in [0.2, 0.25) is 0 Å². The Bertz CT molecular complexity index is 577. The third-order valence-electron chi connectivity index (χ3n) is 2.21. The van der Waals surface area contributed by atoms with Gasteiger partial charge in [-0.1, -0.05) is 23.2 Å². The lowest BCUT2D eigenvalue weighted by molar-refractivity contribution is -0.384. The van der Waals surface area contributed by atoms with E-state index in [-0.39, 0.29) is 15.6 Å². The number of nitro benzene ring substituents is 1. The molecule has 10 heteroatoms. The van der Waals surface area contributed by atoms with Crippen molar-refractivity contribution in [1.29, 1.82) is 0 Å². The van der Waals surface area contributed by atoms with E-state index in [1.165, 1.54) is 0 Å². The Morgan fingerprint density at radius 2 is 2.00 bits per heavy atom. The molecule has 0 saturated heterocycles. The molecule has 1 aromatic carbocycles. The topological polar surface area (TPSA) is 130 Å². The molecule has 0 bridgehead atoms. The van der Waals surface area contributed by atoms with Gasteiger partial charge in [0.1, 0.15) is 0 Å². The summed E-state index contributed by atoms with van der Waals surface area (Å²) in [4.78, 5) is 32.0. The van der Waals surface area contributed by atoms with Gasteiger partial charge in [0, 0.05) is 12.1 Å². The zero-order chi connectivity index (χ0) is 15.4. The van der Waals surface area contributed by atoms with Crippen LogP contribution < -0.4 is 5.32 Å². The van der Waals surface area contributed by atoms with Gasteiger partial charge < -0.3 is 15.5 Å². The van der Waals surface area contributed by atoms with Crippen LogP contribution in [0.2, 0.25) is 10.0 Å². The number of amides is 1. The van der Waals surface area contributed by atoms with Crippen LogP contribution in [0.5, 0.6) is 0 Å². The summed E-state index contributed by atoms with van der Waals surface area (Å²) >= 11 is 11.4. The number of aliphatic hydroxyl groups excluding tert-OH is 1. The van der Waals surface area contributed by atoms with Gasteiger partial charge in [-0.3, -0.25) is 14.9 Å². The number of non-ortho nitro benzene ring substituents is 1. The summed E-state index contributed by atoms with van der Waals surface area (Å²) in [5.74, 6) is -2.41. The molecule has 0 heterocycles. The second kappa shape index (κ2) is 6.51. The van der Waals surface area contributed by atoms with Crippen molar-refractivity contribution in [2.75, 3.05) is 6.54 Å². The van der Waals surface area contributed by atoms with E-state index in [9.17, 15) is 19.7 Å². The first-order chi connectivity index (χ1) is 9.23. The number of hydrogen-bond donors (Lipinski definition) is 3. The van der Waals surface area contributed by atoms with Crippen molar-refractivity contribution in [3.8, 4) is 0 Å². The molecule has 3 N–H and O–H groups in total. The molecule has 108 valence electrons. The van der Waals surface area contributed by atoms with Gasteiger partial charge in [0.25, 0.3) is 11.6 Å². The number of nitrogens with zero attached hydrogens (tertiary/aromatic N) is 1. The van der Waals surface area contributed by atoms with Gasteiger partial charge in [-0.25, -0.2) is 4.79 Å². The predicted molar refractivity (Wildman–Crippen MR) is 69.1 cm³/mol. The lowest BCUT2D eigenvalue weighted by atomic mass is 10.2. The Hall–Kier alpha value is -1.90. The fourth-order valence-electron chi connectivity index (χ4n) is 1.22. The van der Waals surface area contributed by atoms with Crippen molar-refractivity contribution in [2.24, 2.45) is 0 Å². The Balaban J connectivity index is 2.98. The van der Waals surface area contributed by atoms with Crippen LogP contribution in [0.25, 0.3) is 0 Å². The molecular weight excluding hydrogens is 315 g/mol. The number of carboxylic acids is 1. The van der Waals surface area contributed by atoms with Crippen LogP contribution >= 0.6 is 23.2 Å². The molecule has 1 atom stereocenters. The van der Waals surface area contributed by atoms with Gasteiger partial charge in [-0.15, -0.1) is 0 Å². The first-order valence-electron chi connectivity index (χ1n) is 5.06. The molecule has 0 spiro atoms. The summed E-state index contributed by atoms with van der Waals surface area (Å²) in [6.45, 7) is -0.579. The van der Waals surface area contributed by atoms with Crippen LogP contribution in [-0.4, -0.2) is 39.7 Å². The molecular formula is C10H8Cl2N2O6. The minimum absolute atomic E-state index is 0.190. The molecule has 1 amide bonds. The molecule has 0 aliphatic rings. The molecule has 20 heavy (non-hydrogen) atoms. The Kier molecular flexibility index (Phi) is 5.26. The molecule has 0 fully saturated rings. The third-order valence-corrected chi connectivity index (χ3v) is 3.01. The van der Waals surface area contributed by atoms with Crippen molar-refractivity contribution >= 4 is 40.8 Å². The summed E-state index contributed by atoms with van der Waals surface area (Å²) in [5, 5.41) is 29.8. The van der Waals surface area contributed by atoms with Gasteiger partial charge in [-0.05, 0) is 0 Å². The van der Waals surface area contributed by atoms with Gasteiger partial charge >= 0.3 is 5.97 Å². The van der Waals surface area contributed by atoms with E-state index < -0.39 is 35.1 Å². The Morgan fingerprint density at radius 1 is 1.40 bits per heavy atom. The van der Waals surface area contributed by atoms with E-state index in [1.807, 2.05) is 0 Å². The fourth-order valence-corrected chi connectivity index (χ4v) is 1.63. The summed E-state index contributed by atoms with van der Waals surface area (Å²) in [5.41, 5.74) is -0.730. The maximum absolute atomic E-state index is 11.7. The van der Waals surface area contributed by atoms with Crippen molar-refractivity contribution in [3.05, 3.63) is 37.9 Å². The lowest BCUT2D eigenvalue weighted by Crippen LogP contribution is -2.36. The van der Waals surface area contributed by atoms with Crippen LogP contribution in [0.15, 0.2) is 12.1 Å². The van der Waals surface area contributed by atoms with E-state index in [0.717, 1.165) is 12.1 Å². The van der Waals surface area contributed by atoms with E-state index in [2.05, 4.69) is 5.32 Å². The largest absolute Gasteiger partial charge is 0.479 e. The predicted octanol–water partition coefficient (Wildman–Crippen LogP) is 1.08. The van der Waals surface area contributed by atoms with E-state index in [1.54, 1.807) is 0 Å². The maximum atomic E-state index is 11.7. The number of hydrogen-bond acceptors (Lipinski definition) is 5. The van der Waals surface area contributed by atoms with Crippen LogP contribution in [0.1, 0.15) is 10.4 Å². The molecule has 0 aliphatic carbocycles. The highest BCUT2D eigenvalue weighted by Crippen LogP contribution is 2.30. The van der Waals surface area contributed by atoms with Crippen molar-refractivity contribution < 1.29 is 24.7 Å². The quantitative estimate of drug-likeness (QED) is 0.549. The second-order valence-electron chi connectivity index (χ2n) is 3.61. The standard InChI is InChI=1S/C10H8Cl2N2O6/c11-6-2-4(14(19)20)1-5(8(6)12)9(16)13-3-7(15)10(17)18/h1-2,7,15H,3H2,(H,13,16)(H,17,18). The molecule has 8 nitrogen and oxygen atoms in total. The molecule has 1 rings (SSSR count). The Labute approximate surface area is 122 Å². The molecule has 0 saturated carbocycles. The second-order valence-corrected chi connectivity index (χ2v) is 4.40. The summed E-state index contributed by atoms with van der Waals surface area (Å²) in [6, 6.07) is 1.88. The smallest absolute Gasteiger partial charge is 0.334 e. The zero-order valence-corrected chi connectivity index (χ0v) is 11.2.